The van der Waals surface area contributed by atoms with Crippen molar-refractivity contribution in [1.82, 2.24) is 20.1 Å². The Morgan fingerprint density at radius 3 is 2.81 bits per heavy atom. The Kier molecular flexibility index (Phi) is 6.03. The van der Waals surface area contributed by atoms with E-state index in [0.29, 0.717) is 11.7 Å². The zero-order valence-corrected chi connectivity index (χ0v) is 13.6. The van der Waals surface area contributed by atoms with Gasteiger partial charge >= 0.3 is 5.69 Å². The van der Waals surface area contributed by atoms with Gasteiger partial charge in [0.2, 0.25) is 5.91 Å². The largest absolute Gasteiger partial charge is 0.343 e. The standard InChI is InChI=1S/C13H21N5O2S/c1-5-6-18-11(20)16-17-12(18)21-7-10(19)15-13(4,8-14)9(2)3/h9H,5-7H2,1-4H3,(H,15,19)(H,16,20)/t13-/m1/s1. The van der Waals surface area contributed by atoms with Crippen LogP contribution in [0, 0.1) is 17.2 Å². The van der Waals surface area contributed by atoms with Crippen LogP contribution in [0.4, 0.5) is 0 Å². The smallest absolute Gasteiger partial charge is 0.337 e. The predicted octanol–water partition coefficient (Wildman–Crippen LogP) is 1.13. The number of carbonyl (C=O) groups is 1. The average molecular weight is 311 g/mol. The minimum absolute atomic E-state index is 0.0000976. The summed E-state index contributed by atoms with van der Waals surface area (Å²) in [5.74, 6) is -0.144. The summed E-state index contributed by atoms with van der Waals surface area (Å²) in [6.45, 7) is 7.97. The van der Waals surface area contributed by atoms with Crippen molar-refractivity contribution in [2.24, 2.45) is 5.92 Å². The van der Waals surface area contributed by atoms with Gasteiger partial charge in [-0.05, 0) is 19.3 Å². The fourth-order valence-electron chi connectivity index (χ4n) is 1.59. The summed E-state index contributed by atoms with van der Waals surface area (Å²) in [5.41, 5.74) is -1.17. The molecule has 0 spiro atoms. The van der Waals surface area contributed by atoms with Crippen LogP contribution in [0.3, 0.4) is 0 Å². The van der Waals surface area contributed by atoms with Crippen LogP contribution >= 0.6 is 11.8 Å². The lowest BCUT2D eigenvalue weighted by Gasteiger charge is -2.27. The van der Waals surface area contributed by atoms with E-state index in [2.05, 4.69) is 21.6 Å². The number of nitrogens with one attached hydrogen (secondary N) is 2. The lowest BCUT2D eigenvalue weighted by molar-refractivity contribution is -0.120. The van der Waals surface area contributed by atoms with E-state index in [1.165, 1.54) is 16.3 Å². The Morgan fingerprint density at radius 2 is 2.29 bits per heavy atom. The Hall–Kier alpha value is -1.75. The molecule has 1 rings (SSSR count). The molecule has 0 unspecified atom stereocenters. The Bertz CT molecular complexity index is 586. The monoisotopic (exact) mass is 311 g/mol. The first kappa shape index (κ1) is 17.3. The second-order valence-electron chi connectivity index (χ2n) is 5.27. The number of rotatable bonds is 7. The van der Waals surface area contributed by atoms with Crippen LogP contribution in [0.25, 0.3) is 0 Å². The number of aromatic nitrogens is 3. The molecule has 1 heterocycles. The maximum Gasteiger partial charge on any atom is 0.343 e. The van der Waals surface area contributed by atoms with Gasteiger partial charge in [0.15, 0.2) is 5.16 Å². The number of nitriles is 1. The highest BCUT2D eigenvalue weighted by Crippen LogP contribution is 2.17. The summed E-state index contributed by atoms with van der Waals surface area (Å²) in [7, 11) is 0. The van der Waals surface area contributed by atoms with Crippen molar-refractivity contribution >= 4 is 17.7 Å². The number of hydrogen-bond acceptors (Lipinski definition) is 5. The third kappa shape index (κ3) is 4.36. The molecule has 116 valence electrons. The number of amides is 1. The summed E-state index contributed by atoms with van der Waals surface area (Å²) in [5, 5.41) is 18.7. The quantitative estimate of drug-likeness (QED) is 0.735. The normalized spacial score (nSPS) is 13.7. The van der Waals surface area contributed by atoms with Crippen LogP contribution in [-0.2, 0) is 11.3 Å². The molecule has 1 aromatic heterocycles. The van der Waals surface area contributed by atoms with Gasteiger partial charge in [-0.2, -0.15) is 5.26 Å². The first-order chi connectivity index (χ1) is 9.84. The number of hydrogen-bond donors (Lipinski definition) is 2. The van der Waals surface area contributed by atoms with Crippen LogP contribution < -0.4 is 11.0 Å². The van der Waals surface area contributed by atoms with Crippen LogP contribution in [0.1, 0.15) is 34.1 Å². The molecule has 8 heteroatoms. The molecular weight excluding hydrogens is 290 g/mol. The van der Waals surface area contributed by atoms with Gasteiger partial charge in [-0.15, -0.1) is 5.10 Å². The van der Waals surface area contributed by atoms with Crippen molar-refractivity contribution in [1.29, 1.82) is 5.26 Å². The van der Waals surface area contributed by atoms with Gasteiger partial charge in [0.1, 0.15) is 5.54 Å². The first-order valence-electron chi connectivity index (χ1n) is 6.84. The third-order valence-corrected chi connectivity index (χ3v) is 4.27. The molecule has 1 atom stereocenters. The van der Waals surface area contributed by atoms with E-state index in [1.807, 2.05) is 20.8 Å². The zero-order chi connectivity index (χ0) is 16.0. The highest BCUT2D eigenvalue weighted by molar-refractivity contribution is 7.99. The molecular formula is C13H21N5O2S. The van der Waals surface area contributed by atoms with Gasteiger partial charge in [0.25, 0.3) is 0 Å². The Morgan fingerprint density at radius 1 is 1.62 bits per heavy atom. The molecule has 0 aromatic carbocycles. The van der Waals surface area contributed by atoms with E-state index >= 15 is 0 Å². The Balaban J connectivity index is 2.66. The van der Waals surface area contributed by atoms with Gasteiger partial charge in [-0.25, -0.2) is 9.89 Å². The summed E-state index contributed by atoms with van der Waals surface area (Å²) in [6, 6.07) is 2.12. The van der Waals surface area contributed by atoms with Crippen molar-refractivity contribution < 1.29 is 4.79 Å². The first-order valence-corrected chi connectivity index (χ1v) is 7.82. The molecule has 0 aliphatic carbocycles. The summed E-state index contributed by atoms with van der Waals surface area (Å²) < 4.78 is 1.50. The number of thioether (sulfide) groups is 1. The molecule has 0 saturated carbocycles. The SMILES string of the molecule is CCCn1c(SCC(=O)N[C@](C)(C#N)C(C)C)n[nH]c1=O. The second-order valence-corrected chi connectivity index (χ2v) is 6.21. The molecule has 2 N–H and O–H groups in total. The summed E-state index contributed by atoms with van der Waals surface area (Å²) >= 11 is 1.18. The average Bonchev–Trinajstić information content (AvgIpc) is 2.78. The van der Waals surface area contributed by atoms with Crippen molar-refractivity contribution in [2.75, 3.05) is 5.75 Å². The minimum Gasteiger partial charge on any atom is -0.337 e. The third-order valence-electron chi connectivity index (χ3n) is 3.29. The number of H-pyrrole nitrogens is 1. The molecule has 1 amide bonds. The van der Waals surface area contributed by atoms with Crippen molar-refractivity contribution in [3.05, 3.63) is 10.5 Å². The van der Waals surface area contributed by atoms with E-state index in [1.54, 1.807) is 6.92 Å². The lowest BCUT2D eigenvalue weighted by Crippen LogP contribution is -2.49. The predicted molar refractivity (Wildman–Crippen MR) is 80.9 cm³/mol. The van der Waals surface area contributed by atoms with E-state index in [4.69, 9.17) is 0 Å². The van der Waals surface area contributed by atoms with E-state index in [-0.39, 0.29) is 23.3 Å². The molecule has 7 nitrogen and oxygen atoms in total. The molecule has 0 saturated heterocycles. The molecule has 0 aliphatic rings. The van der Waals surface area contributed by atoms with E-state index in [9.17, 15) is 14.9 Å². The van der Waals surface area contributed by atoms with Gasteiger partial charge in [-0.1, -0.05) is 32.5 Å². The molecule has 0 fully saturated rings. The maximum atomic E-state index is 12.0. The van der Waals surface area contributed by atoms with Gasteiger partial charge < -0.3 is 5.32 Å². The van der Waals surface area contributed by atoms with Crippen LogP contribution in [0.15, 0.2) is 9.95 Å². The van der Waals surface area contributed by atoms with Crippen LogP contribution in [-0.4, -0.2) is 32.0 Å². The molecule has 0 radical (unpaired) electrons. The summed E-state index contributed by atoms with van der Waals surface area (Å²) in [4.78, 5) is 23.5. The number of nitrogens with zero attached hydrogens (tertiary/aromatic N) is 3. The van der Waals surface area contributed by atoms with Crippen molar-refractivity contribution in [3.8, 4) is 6.07 Å². The summed E-state index contributed by atoms with van der Waals surface area (Å²) in [6.07, 6.45) is 0.805. The van der Waals surface area contributed by atoms with Gasteiger partial charge in [0.05, 0.1) is 11.8 Å². The van der Waals surface area contributed by atoms with Gasteiger partial charge in [0, 0.05) is 6.54 Å². The molecule has 1 aromatic rings. The topological polar surface area (TPSA) is 104 Å². The van der Waals surface area contributed by atoms with Crippen LogP contribution in [0.5, 0.6) is 0 Å². The number of aromatic amines is 1. The highest BCUT2D eigenvalue weighted by Gasteiger charge is 2.29. The maximum absolute atomic E-state index is 12.0. The zero-order valence-electron chi connectivity index (χ0n) is 12.8. The second kappa shape index (κ2) is 7.31. The molecule has 0 aliphatic heterocycles. The highest BCUT2D eigenvalue weighted by atomic mass is 32.2. The molecule has 0 bridgehead atoms. The van der Waals surface area contributed by atoms with E-state index in [0.717, 1.165) is 6.42 Å². The van der Waals surface area contributed by atoms with Crippen LogP contribution in [0.2, 0.25) is 0 Å². The fraction of sp³-hybridized carbons (Fsp3) is 0.692. The van der Waals surface area contributed by atoms with Crippen molar-refractivity contribution in [2.45, 2.75) is 51.4 Å². The Labute approximate surface area is 128 Å². The number of carbonyl (C=O) groups excluding carboxylic acids is 1. The molecule has 21 heavy (non-hydrogen) atoms. The lowest BCUT2D eigenvalue weighted by atomic mass is 9.90. The van der Waals surface area contributed by atoms with Crippen molar-refractivity contribution in [3.63, 3.8) is 0 Å². The van der Waals surface area contributed by atoms with E-state index < -0.39 is 5.54 Å². The minimum atomic E-state index is -0.897. The fourth-order valence-corrected chi connectivity index (χ4v) is 2.36. The van der Waals surface area contributed by atoms with Gasteiger partial charge in [-0.3, -0.25) is 9.36 Å².